The third kappa shape index (κ3) is 4.87. The molecule has 0 aliphatic heterocycles. The highest BCUT2D eigenvalue weighted by Gasteiger charge is 2.21. The Hall–Kier alpha value is -3.77. The molecular weight excluding hydrogens is 444 g/mol. The molecule has 1 heterocycles. The highest BCUT2D eigenvalue weighted by molar-refractivity contribution is 7.94. The maximum Gasteiger partial charge on any atom is 0.273 e. The van der Waals surface area contributed by atoms with Crippen LogP contribution in [0.3, 0.4) is 0 Å². The van der Waals surface area contributed by atoms with Crippen molar-refractivity contribution >= 4 is 44.5 Å². The van der Waals surface area contributed by atoms with Crippen molar-refractivity contribution in [3.63, 3.8) is 0 Å². The van der Waals surface area contributed by atoms with Gasteiger partial charge in [0.25, 0.3) is 27.5 Å². The van der Waals surface area contributed by atoms with Gasteiger partial charge in [-0.05, 0) is 36.6 Å². The van der Waals surface area contributed by atoms with Crippen LogP contribution < -0.4 is 15.6 Å². The molecule has 3 N–H and O–H groups in total. The standard InChI is InChI=1S/C19H16N4O6S2/c1-12-13(7-4-9-16(12)23(26)27)18(24)20-21-19(25)14-6-2-3-8-15(14)22-31(28,29)17-10-5-11-30-17/h2-11,22H,1H3,(H,20,24)(H,21,25). The van der Waals surface area contributed by atoms with Crippen LogP contribution in [0, 0.1) is 17.0 Å². The molecule has 3 rings (SSSR count). The maximum absolute atomic E-state index is 12.6. The SMILES string of the molecule is Cc1c(C(=O)NNC(=O)c2ccccc2NS(=O)(=O)c2cccs2)cccc1[N+](=O)[O-]. The van der Waals surface area contributed by atoms with Crippen molar-refractivity contribution in [1.29, 1.82) is 0 Å². The molecule has 3 aromatic rings. The van der Waals surface area contributed by atoms with Crippen molar-refractivity contribution < 1.29 is 22.9 Å². The third-order valence-corrected chi connectivity index (χ3v) is 6.98. The number of sulfonamides is 1. The van der Waals surface area contributed by atoms with Gasteiger partial charge in [0.05, 0.1) is 21.7 Å². The van der Waals surface area contributed by atoms with Crippen LogP contribution in [0.4, 0.5) is 11.4 Å². The Balaban J connectivity index is 1.76. The van der Waals surface area contributed by atoms with Crippen LogP contribution in [-0.4, -0.2) is 25.2 Å². The van der Waals surface area contributed by atoms with Gasteiger partial charge in [-0.1, -0.05) is 24.3 Å². The summed E-state index contributed by atoms with van der Waals surface area (Å²) in [6.45, 7) is 1.42. The number of anilines is 1. The monoisotopic (exact) mass is 460 g/mol. The Labute approximate surface area is 181 Å². The number of hydrazine groups is 1. The summed E-state index contributed by atoms with van der Waals surface area (Å²) in [6, 6.07) is 12.9. The van der Waals surface area contributed by atoms with E-state index in [2.05, 4.69) is 15.6 Å². The first-order chi connectivity index (χ1) is 14.7. The zero-order chi connectivity index (χ0) is 22.6. The summed E-state index contributed by atoms with van der Waals surface area (Å²) in [6.07, 6.45) is 0. The summed E-state index contributed by atoms with van der Waals surface area (Å²) in [7, 11) is -3.88. The molecule has 2 amide bonds. The minimum atomic E-state index is -3.88. The molecule has 0 aliphatic carbocycles. The fourth-order valence-corrected chi connectivity index (χ4v) is 4.77. The van der Waals surface area contributed by atoms with Crippen molar-refractivity contribution in [2.75, 3.05) is 4.72 Å². The van der Waals surface area contributed by atoms with E-state index in [4.69, 9.17) is 0 Å². The Bertz CT molecular complexity index is 1260. The van der Waals surface area contributed by atoms with Gasteiger partial charge < -0.3 is 0 Å². The summed E-state index contributed by atoms with van der Waals surface area (Å²) in [5.41, 5.74) is 4.30. The molecule has 0 saturated heterocycles. The molecule has 1 aromatic heterocycles. The second kappa shape index (κ2) is 8.93. The number of para-hydroxylation sites is 1. The van der Waals surface area contributed by atoms with Crippen molar-refractivity contribution in [2.24, 2.45) is 0 Å². The molecule has 0 bridgehead atoms. The number of rotatable bonds is 6. The van der Waals surface area contributed by atoms with Gasteiger partial charge in [-0.2, -0.15) is 0 Å². The molecule has 2 aromatic carbocycles. The summed E-state index contributed by atoms with van der Waals surface area (Å²) >= 11 is 1.02. The largest absolute Gasteiger partial charge is 0.278 e. The average molecular weight is 460 g/mol. The Kier molecular flexibility index (Phi) is 6.32. The molecule has 0 radical (unpaired) electrons. The predicted molar refractivity (Wildman–Crippen MR) is 114 cm³/mol. The van der Waals surface area contributed by atoms with Crippen molar-refractivity contribution in [3.05, 3.63) is 86.8 Å². The van der Waals surface area contributed by atoms with Gasteiger partial charge in [0.2, 0.25) is 0 Å². The van der Waals surface area contributed by atoms with E-state index in [-0.39, 0.29) is 32.3 Å². The molecule has 12 heteroatoms. The zero-order valence-corrected chi connectivity index (χ0v) is 17.6. The number of hydrogen-bond donors (Lipinski definition) is 3. The molecule has 10 nitrogen and oxygen atoms in total. The van der Waals surface area contributed by atoms with E-state index in [1.54, 1.807) is 17.5 Å². The second-order valence-electron chi connectivity index (χ2n) is 6.20. The second-order valence-corrected chi connectivity index (χ2v) is 9.06. The van der Waals surface area contributed by atoms with E-state index in [0.29, 0.717) is 0 Å². The average Bonchev–Trinajstić information content (AvgIpc) is 3.28. The number of nitrogens with one attached hydrogen (secondary N) is 3. The highest BCUT2D eigenvalue weighted by atomic mass is 32.2. The molecule has 0 saturated carbocycles. The molecule has 0 spiro atoms. The number of carbonyl (C=O) groups is 2. The highest BCUT2D eigenvalue weighted by Crippen LogP contribution is 2.23. The van der Waals surface area contributed by atoms with E-state index in [1.165, 1.54) is 49.4 Å². The predicted octanol–water partition coefficient (Wildman–Crippen LogP) is 2.84. The summed E-state index contributed by atoms with van der Waals surface area (Å²) in [5.74, 6) is -1.54. The van der Waals surface area contributed by atoms with E-state index in [9.17, 15) is 28.1 Å². The smallest absolute Gasteiger partial charge is 0.273 e. The van der Waals surface area contributed by atoms with Gasteiger partial charge in [0, 0.05) is 11.6 Å². The Morgan fingerprint density at radius 1 is 0.935 bits per heavy atom. The lowest BCUT2D eigenvalue weighted by molar-refractivity contribution is -0.385. The lowest BCUT2D eigenvalue weighted by atomic mass is 10.1. The van der Waals surface area contributed by atoms with Crippen LogP contribution in [0.2, 0.25) is 0 Å². The van der Waals surface area contributed by atoms with Gasteiger partial charge in [-0.3, -0.25) is 35.3 Å². The Morgan fingerprint density at radius 2 is 1.58 bits per heavy atom. The van der Waals surface area contributed by atoms with Gasteiger partial charge in [-0.25, -0.2) is 8.42 Å². The van der Waals surface area contributed by atoms with Gasteiger partial charge in [0.1, 0.15) is 4.21 Å². The number of nitro groups is 1. The molecule has 0 fully saturated rings. The first-order valence-electron chi connectivity index (χ1n) is 8.71. The van der Waals surface area contributed by atoms with Gasteiger partial charge >= 0.3 is 0 Å². The summed E-state index contributed by atoms with van der Waals surface area (Å²) in [4.78, 5) is 35.4. The molecule has 0 unspecified atom stereocenters. The van der Waals surface area contributed by atoms with Crippen LogP contribution in [0.25, 0.3) is 0 Å². The molecular formula is C19H16N4O6S2. The van der Waals surface area contributed by atoms with Crippen LogP contribution in [0.1, 0.15) is 26.3 Å². The molecule has 160 valence electrons. The molecule has 0 atom stereocenters. The number of nitrogens with zero attached hydrogens (tertiary/aromatic N) is 1. The van der Waals surface area contributed by atoms with E-state index >= 15 is 0 Å². The number of thiophene rings is 1. The first kappa shape index (κ1) is 21.9. The van der Waals surface area contributed by atoms with Crippen LogP contribution in [0.15, 0.2) is 64.2 Å². The fourth-order valence-electron chi connectivity index (χ4n) is 2.70. The van der Waals surface area contributed by atoms with Crippen molar-refractivity contribution in [3.8, 4) is 0 Å². The number of benzene rings is 2. The van der Waals surface area contributed by atoms with Gasteiger partial charge in [-0.15, -0.1) is 11.3 Å². The van der Waals surface area contributed by atoms with Crippen LogP contribution >= 0.6 is 11.3 Å². The first-order valence-corrected chi connectivity index (χ1v) is 11.1. The zero-order valence-electron chi connectivity index (χ0n) is 16.0. The van der Waals surface area contributed by atoms with E-state index in [1.807, 2.05) is 0 Å². The minimum Gasteiger partial charge on any atom is -0.278 e. The van der Waals surface area contributed by atoms with Gasteiger partial charge in [0.15, 0.2) is 0 Å². The fraction of sp³-hybridized carbons (Fsp3) is 0.0526. The lowest BCUT2D eigenvalue weighted by Crippen LogP contribution is -2.42. The lowest BCUT2D eigenvalue weighted by Gasteiger charge is -2.13. The quantitative estimate of drug-likeness (QED) is 0.381. The normalized spacial score (nSPS) is 10.9. The number of hydrogen-bond acceptors (Lipinski definition) is 7. The van der Waals surface area contributed by atoms with E-state index < -0.39 is 26.8 Å². The molecule has 0 aliphatic rings. The number of carbonyl (C=O) groups excluding carboxylic acids is 2. The van der Waals surface area contributed by atoms with Crippen molar-refractivity contribution in [2.45, 2.75) is 11.1 Å². The summed E-state index contributed by atoms with van der Waals surface area (Å²) in [5, 5.41) is 12.6. The summed E-state index contributed by atoms with van der Waals surface area (Å²) < 4.78 is 27.3. The topological polar surface area (TPSA) is 148 Å². The number of nitro benzene ring substituents is 1. The van der Waals surface area contributed by atoms with E-state index in [0.717, 1.165) is 11.3 Å². The molecule has 31 heavy (non-hydrogen) atoms. The van der Waals surface area contributed by atoms with Crippen molar-refractivity contribution in [1.82, 2.24) is 10.9 Å². The third-order valence-electron chi connectivity index (χ3n) is 4.21. The number of amides is 2. The van der Waals surface area contributed by atoms with Crippen LogP contribution in [0.5, 0.6) is 0 Å². The Morgan fingerprint density at radius 3 is 2.23 bits per heavy atom. The maximum atomic E-state index is 12.6. The minimum absolute atomic E-state index is 0.0150. The van der Waals surface area contributed by atoms with Crippen LogP contribution in [-0.2, 0) is 10.0 Å².